The molecule has 0 aliphatic heterocycles. The lowest BCUT2D eigenvalue weighted by Crippen LogP contribution is -2.02. The molecule has 0 aliphatic carbocycles. The zero-order chi connectivity index (χ0) is 17.5. The molecule has 1 nitrogen and oxygen atoms in total. The van der Waals surface area contributed by atoms with Gasteiger partial charge in [0.1, 0.15) is 6.61 Å². The molecule has 1 unspecified atom stereocenters. The van der Waals surface area contributed by atoms with Gasteiger partial charge >= 0.3 is 0 Å². The Hall–Kier alpha value is -0.890. The lowest BCUT2D eigenvalue weighted by atomic mass is 9.91. The molecule has 0 radical (unpaired) electrons. The molecule has 0 bridgehead atoms. The fourth-order valence-electron chi connectivity index (χ4n) is 3.20. The van der Waals surface area contributed by atoms with Crippen LogP contribution in [0.2, 0.25) is 0 Å². The van der Waals surface area contributed by atoms with E-state index in [0.29, 0.717) is 6.61 Å². The quantitative estimate of drug-likeness (QED) is 0.254. The third-order valence-corrected chi connectivity index (χ3v) is 4.97. The van der Waals surface area contributed by atoms with Gasteiger partial charge in [-0.3, -0.25) is 0 Å². The van der Waals surface area contributed by atoms with Crippen LogP contribution >= 0.6 is 12.2 Å². The fourth-order valence-corrected chi connectivity index (χ4v) is 3.40. The van der Waals surface area contributed by atoms with Crippen molar-refractivity contribution in [3.8, 4) is 0 Å². The number of thiocarbonyl (C=S) groups is 1. The van der Waals surface area contributed by atoms with Crippen molar-refractivity contribution in [3.63, 3.8) is 0 Å². The number of hydrogen-bond donors (Lipinski definition) is 0. The second kappa shape index (κ2) is 14.5. The topological polar surface area (TPSA) is 9.23 Å². The molecule has 1 atom stereocenters. The number of unbranched alkanes of at least 4 members (excludes halogenated alkanes) is 4. The van der Waals surface area contributed by atoms with E-state index in [-0.39, 0.29) is 0 Å². The molecule has 1 aromatic carbocycles. The van der Waals surface area contributed by atoms with Crippen molar-refractivity contribution >= 4 is 17.3 Å². The van der Waals surface area contributed by atoms with Crippen LogP contribution in [-0.2, 0) is 11.3 Å². The minimum absolute atomic E-state index is 0.607. The molecule has 0 aliphatic rings. The van der Waals surface area contributed by atoms with Crippen LogP contribution in [0.1, 0.15) is 90.0 Å². The second-order valence-electron chi connectivity index (χ2n) is 6.90. The average Bonchev–Trinajstić information content (AvgIpc) is 2.61. The van der Waals surface area contributed by atoms with Gasteiger partial charge in [0, 0.05) is 6.42 Å². The summed E-state index contributed by atoms with van der Waals surface area (Å²) in [7, 11) is 0. The summed E-state index contributed by atoms with van der Waals surface area (Å²) < 4.78 is 5.68. The van der Waals surface area contributed by atoms with Crippen molar-refractivity contribution in [2.45, 2.75) is 91.1 Å². The molecule has 0 fully saturated rings. The minimum atomic E-state index is 0.607. The van der Waals surface area contributed by atoms with Gasteiger partial charge in [-0.2, -0.15) is 0 Å². The maximum atomic E-state index is 5.68. The predicted octanol–water partition coefficient (Wildman–Crippen LogP) is 7.48. The third kappa shape index (κ3) is 10.8. The Morgan fingerprint density at radius 3 is 2.29 bits per heavy atom. The highest BCUT2D eigenvalue weighted by atomic mass is 32.1. The summed E-state index contributed by atoms with van der Waals surface area (Å²) in [5.74, 6) is 0.963. The van der Waals surface area contributed by atoms with Crippen LogP contribution in [0.4, 0.5) is 0 Å². The number of ether oxygens (including phenoxy) is 1. The first kappa shape index (κ1) is 21.2. The first-order chi connectivity index (χ1) is 11.8. The van der Waals surface area contributed by atoms with Crippen molar-refractivity contribution < 1.29 is 4.74 Å². The molecule has 0 heterocycles. The largest absolute Gasteiger partial charge is 0.482 e. The van der Waals surface area contributed by atoms with Crippen LogP contribution in [0.3, 0.4) is 0 Å². The molecular formula is C22H36OS. The van der Waals surface area contributed by atoms with Crippen LogP contribution in [-0.4, -0.2) is 5.05 Å². The predicted molar refractivity (Wildman–Crippen MR) is 109 cm³/mol. The van der Waals surface area contributed by atoms with Gasteiger partial charge in [0.2, 0.25) is 0 Å². The summed E-state index contributed by atoms with van der Waals surface area (Å²) in [6.07, 6.45) is 14.4. The molecule has 1 aromatic rings. The van der Waals surface area contributed by atoms with Crippen LogP contribution in [0, 0.1) is 5.92 Å². The first-order valence-electron chi connectivity index (χ1n) is 9.95. The Morgan fingerprint density at radius 2 is 1.58 bits per heavy atom. The van der Waals surface area contributed by atoms with E-state index >= 15 is 0 Å². The SMILES string of the molecule is CCCCC(CCC)CCCCCCC(=S)OCc1ccccc1. The molecule has 0 amide bonds. The van der Waals surface area contributed by atoms with Gasteiger partial charge in [0.15, 0.2) is 5.05 Å². The Balaban J connectivity index is 2.01. The van der Waals surface area contributed by atoms with E-state index in [1.54, 1.807) is 0 Å². The summed E-state index contributed by atoms with van der Waals surface area (Å²) in [5.41, 5.74) is 1.19. The Kier molecular flexibility index (Phi) is 12.7. The summed E-state index contributed by atoms with van der Waals surface area (Å²) in [6, 6.07) is 10.2. The third-order valence-electron chi connectivity index (χ3n) is 4.65. The maximum Gasteiger partial charge on any atom is 0.160 e. The standard InChI is InChI=1S/C22H36OS/c1-3-5-14-20(13-4-2)15-9-6-7-12-18-22(24)23-19-21-16-10-8-11-17-21/h8,10-11,16-17,20H,3-7,9,12-15,18-19H2,1-2H3. The smallest absolute Gasteiger partial charge is 0.160 e. The van der Waals surface area contributed by atoms with Crippen molar-refractivity contribution in [3.05, 3.63) is 35.9 Å². The van der Waals surface area contributed by atoms with Crippen molar-refractivity contribution in [1.29, 1.82) is 0 Å². The number of rotatable bonds is 14. The van der Waals surface area contributed by atoms with Gasteiger partial charge in [-0.05, 0) is 30.1 Å². The molecule has 2 heteroatoms. The van der Waals surface area contributed by atoms with Crippen molar-refractivity contribution in [2.24, 2.45) is 5.92 Å². The van der Waals surface area contributed by atoms with Gasteiger partial charge in [0.25, 0.3) is 0 Å². The van der Waals surface area contributed by atoms with Crippen LogP contribution in [0.25, 0.3) is 0 Å². The summed E-state index contributed by atoms with van der Waals surface area (Å²) in [5, 5.41) is 0.769. The Labute approximate surface area is 155 Å². The number of benzene rings is 1. The number of hydrogen-bond acceptors (Lipinski definition) is 2. The molecular weight excluding hydrogens is 312 g/mol. The fraction of sp³-hybridized carbons (Fsp3) is 0.682. The van der Waals surface area contributed by atoms with E-state index in [2.05, 4.69) is 26.0 Å². The first-order valence-corrected chi connectivity index (χ1v) is 10.4. The molecule has 0 N–H and O–H groups in total. The van der Waals surface area contributed by atoms with Gasteiger partial charge in [-0.15, -0.1) is 0 Å². The normalized spacial score (nSPS) is 12.1. The van der Waals surface area contributed by atoms with E-state index in [1.165, 1.54) is 69.8 Å². The molecule has 0 saturated heterocycles. The van der Waals surface area contributed by atoms with E-state index in [0.717, 1.165) is 17.4 Å². The van der Waals surface area contributed by atoms with Crippen LogP contribution in [0.15, 0.2) is 30.3 Å². The zero-order valence-electron chi connectivity index (χ0n) is 15.8. The van der Waals surface area contributed by atoms with Gasteiger partial charge in [-0.1, -0.05) is 102 Å². The highest BCUT2D eigenvalue weighted by Crippen LogP contribution is 2.22. The van der Waals surface area contributed by atoms with E-state index in [1.807, 2.05) is 18.2 Å². The lowest BCUT2D eigenvalue weighted by Gasteiger charge is -2.15. The van der Waals surface area contributed by atoms with E-state index < -0.39 is 0 Å². The molecule has 136 valence electrons. The molecule has 1 rings (SSSR count). The van der Waals surface area contributed by atoms with Crippen LogP contribution in [0.5, 0.6) is 0 Å². The zero-order valence-corrected chi connectivity index (χ0v) is 16.6. The van der Waals surface area contributed by atoms with Gasteiger partial charge in [-0.25, -0.2) is 0 Å². The molecule has 24 heavy (non-hydrogen) atoms. The Bertz CT molecular complexity index is 415. The van der Waals surface area contributed by atoms with E-state index in [9.17, 15) is 0 Å². The van der Waals surface area contributed by atoms with Crippen LogP contribution < -0.4 is 0 Å². The Morgan fingerprint density at radius 1 is 0.875 bits per heavy atom. The molecule has 0 spiro atoms. The highest BCUT2D eigenvalue weighted by Gasteiger charge is 2.07. The highest BCUT2D eigenvalue weighted by molar-refractivity contribution is 7.80. The molecule has 0 aromatic heterocycles. The average molecular weight is 349 g/mol. The monoisotopic (exact) mass is 348 g/mol. The van der Waals surface area contributed by atoms with Crippen molar-refractivity contribution in [1.82, 2.24) is 0 Å². The van der Waals surface area contributed by atoms with Gasteiger partial charge in [0.05, 0.1) is 0 Å². The lowest BCUT2D eigenvalue weighted by molar-refractivity contribution is 0.291. The van der Waals surface area contributed by atoms with E-state index in [4.69, 9.17) is 17.0 Å². The summed E-state index contributed by atoms with van der Waals surface area (Å²) in [4.78, 5) is 0. The van der Waals surface area contributed by atoms with Gasteiger partial charge < -0.3 is 4.74 Å². The summed E-state index contributed by atoms with van der Waals surface area (Å²) >= 11 is 5.33. The summed E-state index contributed by atoms with van der Waals surface area (Å²) in [6.45, 7) is 5.22. The molecule has 0 saturated carbocycles. The second-order valence-corrected chi connectivity index (χ2v) is 7.35. The minimum Gasteiger partial charge on any atom is -0.482 e. The maximum absolute atomic E-state index is 5.68. The van der Waals surface area contributed by atoms with Crippen molar-refractivity contribution in [2.75, 3.05) is 0 Å².